The van der Waals surface area contributed by atoms with Gasteiger partial charge in [0, 0.05) is 19.3 Å². The van der Waals surface area contributed by atoms with E-state index < -0.39 is 0 Å². The molecule has 3 fully saturated rings. The maximum atomic E-state index is 7.61. The van der Waals surface area contributed by atoms with Crippen molar-refractivity contribution in [1.29, 1.82) is 0 Å². The fourth-order valence-corrected chi connectivity index (χ4v) is 5.43. The van der Waals surface area contributed by atoms with Gasteiger partial charge in [0.2, 0.25) is 5.54 Å². The summed E-state index contributed by atoms with van der Waals surface area (Å²) in [5, 5.41) is 0. The minimum atomic E-state index is -0.0427. The molecule has 17 heavy (non-hydrogen) atoms. The van der Waals surface area contributed by atoms with Crippen LogP contribution in [0.15, 0.2) is 0 Å². The molecular formula is C16H25N. The molecule has 3 aliphatic rings. The first-order chi connectivity index (χ1) is 7.92. The Morgan fingerprint density at radius 1 is 1.06 bits per heavy atom. The van der Waals surface area contributed by atoms with Gasteiger partial charge >= 0.3 is 0 Å². The lowest BCUT2D eigenvalue weighted by Gasteiger charge is -2.30. The summed E-state index contributed by atoms with van der Waals surface area (Å²) in [6.07, 6.45) is 5.12. The molecule has 1 heteroatoms. The van der Waals surface area contributed by atoms with Gasteiger partial charge < -0.3 is 4.85 Å². The number of nitrogens with zero attached hydrogens (tertiary/aromatic N) is 1. The highest BCUT2D eigenvalue weighted by molar-refractivity contribution is 5.18. The van der Waals surface area contributed by atoms with Crippen molar-refractivity contribution in [3.63, 3.8) is 0 Å². The largest absolute Gasteiger partial charge is 0.310 e. The van der Waals surface area contributed by atoms with E-state index in [4.69, 9.17) is 6.57 Å². The molecule has 0 radical (unpaired) electrons. The molecule has 3 aliphatic carbocycles. The number of rotatable bonds is 0. The Labute approximate surface area is 106 Å². The molecule has 0 aromatic rings. The third-order valence-electron chi connectivity index (χ3n) is 6.62. The minimum Gasteiger partial charge on any atom is -0.310 e. The number of fused-ring (bicyclic) bond motifs is 3. The molecule has 94 valence electrons. The lowest BCUT2D eigenvalue weighted by molar-refractivity contribution is 0.198. The van der Waals surface area contributed by atoms with Gasteiger partial charge in [0.15, 0.2) is 0 Å². The van der Waals surface area contributed by atoms with Gasteiger partial charge in [-0.3, -0.25) is 0 Å². The Morgan fingerprint density at radius 3 is 2.41 bits per heavy atom. The van der Waals surface area contributed by atoms with Gasteiger partial charge in [-0.05, 0) is 48.3 Å². The van der Waals surface area contributed by atoms with Crippen LogP contribution in [-0.2, 0) is 0 Å². The fraction of sp³-hybridized carbons (Fsp3) is 0.938. The monoisotopic (exact) mass is 231 g/mol. The second-order valence-corrected chi connectivity index (χ2v) is 7.70. The molecule has 1 nitrogen and oxygen atoms in total. The molecule has 0 amide bonds. The first-order valence-corrected chi connectivity index (χ1v) is 7.30. The Morgan fingerprint density at radius 2 is 1.76 bits per heavy atom. The van der Waals surface area contributed by atoms with Gasteiger partial charge in [-0.2, -0.15) is 0 Å². The highest BCUT2D eigenvalue weighted by Gasteiger charge is 2.68. The Hall–Kier alpha value is -0.510. The molecule has 0 heterocycles. The van der Waals surface area contributed by atoms with Gasteiger partial charge in [-0.1, -0.05) is 20.8 Å². The molecule has 3 saturated carbocycles. The molecule has 0 saturated heterocycles. The zero-order valence-electron chi connectivity index (χ0n) is 11.7. The molecular weight excluding hydrogens is 206 g/mol. The summed E-state index contributed by atoms with van der Waals surface area (Å²) in [5.74, 6) is 4.23. The summed E-state index contributed by atoms with van der Waals surface area (Å²) >= 11 is 0. The van der Waals surface area contributed by atoms with Crippen LogP contribution in [0.2, 0.25) is 0 Å². The third-order valence-corrected chi connectivity index (χ3v) is 6.62. The smallest absolute Gasteiger partial charge is 0.232 e. The molecule has 0 aromatic heterocycles. The van der Waals surface area contributed by atoms with E-state index >= 15 is 0 Å². The Bertz CT molecular complexity index is 377. The van der Waals surface area contributed by atoms with Crippen LogP contribution in [-0.4, -0.2) is 5.54 Å². The van der Waals surface area contributed by atoms with Crippen molar-refractivity contribution in [3.8, 4) is 0 Å². The standard InChI is InChI=1S/C16H25N/c1-10-6-7-11-13(10)14-12(15(14,2)3)8-9-16(11,4)17-5/h10-14H,6-9H2,1-4H3. The molecule has 0 spiro atoms. The van der Waals surface area contributed by atoms with E-state index in [1.54, 1.807) is 0 Å². The molecule has 3 rings (SSSR count). The van der Waals surface area contributed by atoms with Crippen molar-refractivity contribution in [2.45, 2.75) is 58.9 Å². The zero-order chi connectivity index (χ0) is 12.4. The number of hydrogen-bond donors (Lipinski definition) is 0. The average molecular weight is 231 g/mol. The third kappa shape index (κ3) is 1.36. The van der Waals surface area contributed by atoms with Gasteiger partial charge in [0.25, 0.3) is 0 Å². The molecule has 0 bridgehead atoms. The molecule has 0 aliphatic heterocycles. The summed E-state index contributed by atoms with van der Waals surface area (Å²) < 4.78 is 0. The fourth-order valence-electron chi connectivity index (χ4n) is 5.43. The van der Waals surface area contributed by atoms with Gasteiger partial charge in [-0.25, -0.2) is 6.57 Å². The highest BCUT2D eigenvalue weighted by Crippen LogP contribution is 2.71. The Balaban J connectivity index is 1.97. The molecule has 0 aromatic carbocycles. The van der Waals surface area contributed by atoms with Crippen molar-refractivity contribution >= 4 is 0 Å². The SMILES string of the molecule is [C-]#[N+]C1(C)CCC2C(C3C(C)CCC31)C2(C)C. The van der Waals surface area contributed by atoms with Crippen LogP contribution in [0.5, 0.6) is 0 Å². The maximum Gasteiger partial charge on any atom is 0.232 e. The van der Waals surface area contributed by atoms with Crippen LogP contribution in [0.3, 0.4) is 0 Å². The summed E-state index contributed by atoms with van der Waals surface area (Å²) in [6.45, 7) is 17.2. The zero-order valence-corrected chi connectivity index (χ0v) is 11.7. The van der Waals surface area contributed by atoms with E-state index in [0.29, 0.717) is 11.3 Å². The van der Waals surface area contributed by atoms with Crippen molar-refractivity contribution in [2.24, 2.45) is 35.0 Å². The lowest BCUT2D eigenvalue weighted by Crippen LogP contribution is -2.35. The second-order valence-electron chi connectivity index (χ2n) is 7.70. The van der Waals surface area contributed by atoms with Gasteiger partial charge in [0.1, 0.15) is 0 Å². The van der Waals surface area contributed by atoms with Crippen LogP contribution < -0.4 is 0 Å². The van der Waals surface area contributed by atoms with Crippen molar-refractivity contribution in [1.82, 2.24) is 0 Å². The lowest BCUT2D eigenvalue weighted by atomic mass is 9.73. The Kier molecular flexibility index (Phi) is 2.23. The summed E-state index contributed by atoms with van der Waals surface area (Å²) in [5.41, 5.74) is 0.532. The van der Waals surface area contributed by atoms with Crippen LogP contribution in [0, 0.1) is 41.6 Å². The van der Waals surface area contributed by atoms with Crippen LogP contribution in [0.4, 0.5) is 0 Å². The topological polar surface area (TPSA) is 4.36 Å². The molecule has 0 N–H and O–H groups in total. The van der Waals surface area contributed by atoms with Crippen molar-refractivity contribution in [3.05, 3.63) is 11.4 Å². The normalized spacial score (nSPS) is 55.4. The maximum absolute atomic E-state index is 7.61. The van der Waals surface area contributed by atoms with Crippen molar-refractivity contribution in [2.75, 3.05) is 0 Å². The van der Waals surface area contributed by atoms with E-state index in [2.05, 4.69) is 32.5 Å². The van der Waals surface area contributed by atoms with Crippen molar-refractivity contribution < 1.29 is 0 Å². The van der Waals surface area contributed by atoms with E-state index in [1.807, 2.05) is 0 Å². The van der Waals surface area contributed by atoms with Crippen LogP contribution >= 0.6 is 0 Å². The van der Waals surface area contributed by atoms with Crippen LogP contribution in [0.25, 0.3) is 4.85 Å². The second kappa shape index (κ2) is 3.28. The summed E-state index contributed by atoms with van der Waals surface area (Å²) in [7, 11) is 0. The van der Waals surface area contributed by atoms with Gasteiger partial charge in [0.05, 0.1) is 0 Å². The van der Waals surface area contributed by atoms with E-state index in [-0.39, 0.29) is 5.54 Å². The predicted molar refractivity (Wildman–Crippen MR) is 70.4 cm³/mol. The first-order valence-electron chi connectivity index (χ1n) is 7.30. The van der Waals surface area contributed by atoms with E-state index in [1.165, 1.54) is 19.3 Å². The van der Waals surface area contributed by atoms with Gasteiger partial charge in [-0.15, -0.1) is 0 Å². The average Bonchev–Trinajstić information content (AvgIpc) is 2.65. The number of hydrogen-bond acceptors (Lipinski definition) is 0. The summed E-state index contributed by atoms with van der Waals surface area (Å²) in [4.78, 5) is 4.07. The van der Waals surface area contributed by atoms with Crippen LogP contribution in [0.1, 0.15) is 53.4 Å². The summed E-state index contributed by atoms with van der Waals surface area (Å²) in [6, 6.07) is 0. The first kappa shape index (κ1) is 11.6. The molecule has 6 atom stereocenters. The highest BCUT2D eigenvalue weighted by atomic mass is 14.9. The van der Waals surface area contributed by atoms with E-state index in [0.717, 1.165) is 30.1 Å². The van der Waals surface area contributed by atoms with E-state index in [9.17, 15) is 0 Å². The molecule has 6 unspecified atom stereocenters. The quantitative estimate of drug-likeness (QED) is 0.544. The predicted octanol–water partition coefficient (Wildman–Crippen LogP) is 4.39. The minimum absolute atomic E-state index is 0.0427.